The van der Waals surface area contributed by atoms with Gasteiger partial charge in [0.15, 0.2) is 16.8 Å². The van der Waals surface area contributed by atoms with Crippen molar-refractivity contribution in [3.63, 3.8) is 0 Å². The Kier molecular flexibility index (Phi) is 7.50. The van der Waals surface area contributed by atoms with Gasteiger partial charge in [-0.1, -0.05) is 10.3 Å². The summed E-state index contributed by atoms with van der Waals surface area (Å²) in [5, 5.41) is 25.7. The lowest BCUT2D eigenvalue weighted by molar-refractivity contribution is 0.103. The van der Waals surface area contributed by atoms with Gasteiger partial charge in [0.1, 0.15) is 11.5 Å². The molecule has 9 heteroatoms. The van der Waals surface area contributed by atoms with E-state index in [1.807, 2.05) is 38.1 Å². The maximum Gasteiger partial charge on any atom is 0.195 e. The van der Waals surface area contributed by atoms with E-state index in [4.69, 9.17) is 9.47 Å². The number of ketones is 1. The highest BCUT2D eigenvalue weighted by Crippen LogP contribution is 2.17. The van der Waals surface area contributed by atoms with Gasteiger partial charge in [-0.05, 0) is 86.6 Å². The Bertz CT molecular complexity index is 1370. The van der Waals surface area contributed by atoms with Gasteiger partial charge >= 0.3 is 0 Å². The minimum Gasteiger partial charge on any atom is -0.494 e. The zero-order chi connectivity index (χ0) is 25.5. The van der Waals surface area contributed by atoms with Crippen molar-refractivity contribution >= 4 is 5.78 Å². The van der Waals surface area contributed by atoms with Crippen LogP contribution in [0, 0.1) is 0 Å². The van der Waals surface area contributed by atoms with Crippen LogP contribution in [0.1, 0.15) is 29.8 Å². The van der Waals surface area contributed by atoms with Gasteiger partial charge in [0.25, 0.3) is 0 Å². The number of carbonyl (C=O) groups excluding carboxylic acids is 1. The van der Waals surface area contributed by atoms with E-state index < -0.39 is 0 Å². The lowest BCUT2D eigenvalue weighted by atomic mass is 10.1. The molecular weight excluding hydrogens is 460 g/mol. The monoisotopic (exact) mass is 486 g/mol. The molecule has 0 radical (unpaired) electrons. The number of rotatable bonds is 8. The lowest BCUT2D eigenvalue weighted by Crippen LogP contribution is -2.22. The highest BCUT2D eigenvalue weighted by Gasteiger charge is 2.13. The summed E-state index contributed by atoms with van der Waals surface area (Å²) in [7, 11) is 0. The van der Waals surface area contributed by atoms with Crippen LogP contribution in [0.5, 0.6) is 11.5 Å². The fraction of sp³-hybridized carbons (Fsp3) is 0.148. The Morgan fingerprint density at radius 2 is 1.06 bits per heavy atom. The Hall–Kier alpha value is -4.79. The van der Waals surface area contributed by atoms with Gasteiger partial charge in [0, 0.05) is 34.9 Å². The Balaban J connectivity index is 1.72. The highest BCUT2D eigenvalue weighted by atomic mass is 16.5. The quantitative estimate of drug-likeness (QED) is 0.223. The highest BCUT2D eigenvalue weighted by molar-refractivity contribution is 6.08. The van der Waals surface area contributed by atoms with Crippen molar-refractivity contribution in [3.05, 3.63) is 107 Å². The zero-order valence-corrected chi connectivity index (χ0v) is 19.9. The van der Waals surface area contributed by atoms with Crippen LogP contribution in [-0.2, 0) is 0 Å². The summed E-state index contributed by atoms with van der Waals surface area (Å²) in [5.41, 5.74) is 2.66. The summed E-state index contributed by atoms with van der Waals surface area (Å²) in [5.74, 6) is 1.16. The third kappa shape index (κ3) is 5.15. The second-order valence-electron chi connectivity index (χ2n) is 7.67. The first-order valence-electron chi connectivity index (χ1n) is 11.4. The van der Waals surface area contributed by atoms with Gasteiger partial charge in [0.2, 0.25) is 0 Å². The molecule has 0 saturated carbocycles. The van der Waals surface area contributed by atoms with Crippen molar-refractivity contribution in [2.75, 3.05) is 13.2 Å². The number of aromatic nitrogens is 2. The van der Waals surface area contributed by atoms with Crippen LogP contribution in [-0.4, -0.2) is 38.5 Å². The largest absolute Gasteiger partial charge is 0.494 e. The first-order valence-corrected chi connectivity index (χ1v) is 11.4. The van der Waals surface area contributed by atoms with Crippen molar-refractivity contribution in [3.8, 4) is 22.9 Å². The minimum absolute atomic E-state index is 0.259. The minimum atomic E-state index is -0.261. The summed E-state index contributed by atoms with van der Waals surface area (Å²) >= 11 is 0. The topological polar surface area (TPSA) is 111 Å². The van der Waals surface area contributed by atoms with Crippen molar-refractivity contribution in [2.45, 2.75) is 13.8 Å². The van der Waals surface area contributed by atoms with Crippen molar-refractivity contribution in [1.82, 2.24) is 9.13 Å². The number of ether oxygens (including phenoxy) is 2. The Morgan fingerprint density at radius 3 is 1.39 bits per heavy atom. The van der Waals surface area contributed by atoms with Crippen LogP contribution < -0.4 is 20.4 Å². The number of hydrogen-bond donors (Lipinski definition) is 2. The molecule has 2 N–H and O–H groups in total. The normalized spacial score (nSPS) is 11.9. The van der Waals surface area contributed by atoms with E-state index in [1.165, 1.54) is 0 Å². The fourth-order valence-corrected chi connectivity index (χ4v) is 3.74. The molecule has 2 aromatic carbocycles. The van der Waals surface area contributed by atoms with Gasteiger partial charge in [0.05, 0.1) is 13.2 Å². The second-order valence-corrected chi connectivity index (χ2v) is 7.67. The van der Waals surface area contributed by atoms with Crippen molar-refractivity contribution in [2.24, 2.45) is 10.3 Å². The molecule has 0 amide bonds. The summed E-state index contributed by atoms with van der Waals surface area (Å²) in [4.78, 5) is 13.4. The van der Waals surface area contributed by atoms with Crippen LogP contribution in [0.25, 0.3) is 11.4 Å². The van der Waals surface area contributed by atoms with E-state index in [9.17, 15) is 15.2 Å². The molecule has 9 nitrogen and oxygen atoms in total. The number of carbonyl (C=O) groups is 1. The molecule has 0 aliphatic rings. The molecule has 184 valence electrons. The molecule has 2 heterocycles. The van der Waals surface area contributed by atoms with Crippen LogP contribution in [0.4, 0.5) is 0 Å². The first-order chi connectivity index (χ1) is 17.6. The summed E-state index contributed by atoms with van der Waals surface area (Å²) in [6.45, 7) is 4.90. The SMILES string of the molecule is CCOc1ccc(-n2cc(C(=O)c3ccc(=NO)n(-c4ccc(OCC)cc4)c3)ccc2=NO)cc1. The van der Waals surface area contributed by atoms with Gasteiger partial charge in [-0.15, -0.1) is 0 Å². The van der Waals surface area contributed by atoms with Crippen LogP contribution >= 0.6 is 0 Å². The molecule has 0 saturated heterocycles. The summed E-state index contributed by atoms with van der Waals surface area (Å²) < 4.78 is 14.2. The third-order valence-electron chi connectivity index (χ3n) is 5.44. The van der Waals surface area contributed by atoms with E-state index >= 15 is 0 Å². The average molecular weight is 487 g/mol. The fourth-order valence-electron chi connectivity index (χ4n) is 3.74. The number of benzene rings is 2. The van der Waals surface area contributed by atoms with Gasteiger partial charge in [-0.2, -0.15) is 0 Å². The molecular formula is C27H26N4O5. The van der Waals surface area contributed by atoms with Crippen LogP contribution in [0.2, 0.25) is 0 Å². The molecule has 0 fully saturated rings. The summed E-state index contributed by atoms with van der Waals surface area (Å²) in [6, 6.07) is 20.8. The standard InChI is InChI=1S/C27H26N4O5/c1-3-35-23-11-7-21(8-12-23)30-17-19(5-15-25(30)28-33)27(32)20-6-16-26(29-34)31(18-20)22-9-13-24(14-10-22)36-4-2/h5-18,33-34H,3-4H2,1-2H3. The predicted octanol–water partition coefficient (Wildman–Crippen LogP) is 3.88. The lowest BCUT2D eigenvalue weighted by Gasteiger charge is -2.12. The van der Waals surface area contributed by atoms with E-state index in [-0.39, 0.29) is 16.8 Å². The maximum absolute atomic E-state index is 13.4. The van der Waals surface area contributed by atoms with Gasteiger partial charge in [-0.25, -0.2) is 0 Å². The number of hydrogen-bond acceptors (Lipinski definition) is 7. The van der Waals surface area contributed by atoms with E-state index in [0.717, 1.165) is 0 Å². The molecule has 2 aromatic heterocycles. The van der Waals surface area contributed by atoms with Gasteiger partial charge < -0.3 is 19.9 Å². The molecule has 0 bridgehead atoms. The molecule has 4 aromatic rings. The smallest absolute Gasteiger partial charge is 0.195 e. The molecule has 36 heavy (non-hydrogen) atoms. The first kappa shape index (κ1) is 24.3. The van der Waals surface area contributed by atoms with Crippen LogP contribution in [0.3, 0.4) is 0 Å². The Labute approximate surface area is 207 Å². The van der Waals surface area contributed by atoms with Gasteiger partial charge in [-0.3, -0.25) is 13.9 Å². The number of nitrogens with zero attached hydrogens (tertiary/aromatic N) is 4. The Morgan fingerprint density at radius 1 is 0.667 bits per heavy atom. The molecule has 0 atom stereocenters. The predicted molar refractivity (Wildman–Crippen MR) is 132 cm³/mol. The maximum atomic E-state index is 13.4. The number of pyridine rings is 2. The molecule has 0 spiro atoms. The van der Waals surface area contributed by atoms with E-state index in [2.05, 4.69) is 10.3 Å². The summed E-state index contributed by atoms with van der Waals surface area (Å²) in [6.07, 6.45) is 3.22. The molecule has 4 rings (SSSR count). The van der Waals surface area contributed by atoms with E-state index in [0.29, 0.717) is 47.2 Å². The third-order valence-corrected chi connectivity index (χ3v) is 5.44. The zero-order valence-electron chi connectivity index (χ0n) is 19.9. The molecule has 0 aliphatic heterocycles. The van der Waals surface area contributed by atoms with E-state index in [1.54, 1.807) is 70.1 Å². The second kappa shape index (κ2) is 11.1. The van der Waals surface area contributed by atoms with Crippen LogP contribution in [0.15, 0.2) is 95.5 Å². The molecule has 0 unspecified atom stereocenters. The van der Waals surface area contributed by atoms with Crippen molar-refractivity contribution < 1.29 is 24.7 Å². The van der Waals surface area contributed by atoms with Crippen molar-refractivity contribution in [1.29, 1.82) is 0 Å². The molecule has 0 aliphatic carbocycles. The average Bonchev–Trinajstić information content (AvgIpc) is 2.93.